The lowest BCUT2D eigenvalue weighted by Crippen LogP contribution is -2.00. The van der Waals surface area contributed by atoms with Crippen LogP contribution in [0, 0.1) is 0 Å². The van der Waals surface area contributed by atoms with E-state index >= 15 is 0 Å². The molecule has 0 aliphatic rings. The maximum atomic E-state index is 11.7. The third-order valence-electron chi connectivity index (χ3n) is 1.76. The van der Waals surface area contributed by atoms with Gasteiger partial charge in [-0.3, -0.25) is 4.79 Å². The third kappa shape index (κ3) is 1.67. The lowest BCUT2D eigenvalue weighted by atomic mass is 10.1. The van der Waals surface area contributed by atoms with Crippen LogP contribution in [0.2, 0.25) is 5.02 Å². The van der Waals surface area contributed by atoms with Gasteiger partial charge in [0.1, 0.15) is 6.26 Å². The minimum Gasteiger partial charge on any atom is -0.364 e. The predicted molar refractivity (Wildman–Crippen MR) is 51.4 cm³/mol. The highest BCUT2D eigenvalue weighted by Crippen LogP contribution is 2.13. The van der Waals surface area contributed by atoms with Gasteiger partial charge in [-0.1, -0.05) is 28.9 Å². The molecular weight excluding hydrogens is 202 g/mol. The second-order valence-electron chi connectivity index (χ2n) is 2.72. The van der Waals surface area contributed by atoms with E-state index in [9.17, 15) is 4.79 Å². The van der Waals surface area contributed by atoms with Crippen molar-refractivity contribution < 1.29 is 9.32 Å². The largest absolute Gasteiger partial charge is 0.364 e. The Kier molecular flexibility index (Phi) is 2.33. The van der Waals surface area contributed by atoms with Crippen LogP contribution in [0.5, 0.6) is 0 Å². The van der Waals surface area contributed by atoms with Crippen molar-refractivity contribution in [1.29, 1.82) is 0 Å². The molecule has 70 valence electrons. The summed E-state index contributed by atoms with van der Waals surface area (Å²) in [6.45, 7) is 0. The van der Waals surface area contributed by atoms with E-state index in [4.69, 9.17) is 11.6 Å². The predicted octanol–water partition coefficient (Wildman–Crippen LogP) is 2.56. The molecule has 2 rings (SSSR count). The Morgan fingerprint density at radius 3 is 2.86 bits per heavy atom. The maximum Gasteiger partial charge on any atom is 0.214 e. The van der Waals surface area contributed by atoms with E-state index < -0.39 is 0 Å². The van der Waals surface area contributed by atoms with Gasteiger partial charge >= 0.3 is 0 Å². The van der Waals surface area contributed by atoms with Crippen LogP contribution < -0.4 is 0 Å². The van der Waals surface area contributed by atoms with E-state index in [1.54, 1.807) is 24.3 Å². The van der Waals surface area contributed by atoms with Crippen molar-refractivity contribution in [3.8, 4) is 0 Å². The molecule has 14 heavy (non-hydrogen) atoms. The molecule has 0 spiro atoms. The summed E-state index contributed by atoms with van der Waals surface area (Å²) in [4.78, 5) is 11.7. The maximum absolute atomic E-state index is 11.7. The molecule has 0 saturated heterocycles. The zero-order valence-corrected chi connectivity index (χ0v) is 7.86. The second kappa shape index (κ2) is 3.64. The molecule has 1 aromatic heterocycles. The highest BCUT2D eigenvalue weighted by atomic mass is 35.5. The van der Waals surface area contributed by atoms with Crippen molar-refractivity contribution in [2.45, 2.75) is 0 Å². The number of nitrogens with zero attached hydrogens (tertiary/aromatic N) is 1. The number of carbonyl (C=O) groups is 1. The van der Waals surface area contributed by atoms with Gasteiger partial charge in [0, 0.05) is 16.7 Å². The number of rotatable bonds is 2. The minimum absolute atomic E-state index is 0.193. The topological polar surface area (TPSA) is 43.1 Å². The number of aromatic nitrogens is 1. The molecule has 4 heteroatoms. The molecule has 0 saturated carbocycles. The van der Waals surface area contributed by atoms with E-state index in [-0.39, 0.29) is 11.5 Å². The summed E-state index contributed by atoms with van der Waals surface area (Å²) in [5.74, 6) is -0.193. The van der Waals surface area contributed by atoms with Crippen LogP contribution in [-0.4, -0.2) is 10.9 Å². The molecule has 2 aromatic rings. The molecule has 0 bridgehead atoms. The van der Waals surface area contributed by atoms with Crippen molar-refractivity contribution in [1.82, 2.24) is 5.16 Å². The Labute approximate surface area is 85.3 Å². The van der Waals surface area contributed by atoms with Gasteiger partial charge in [-0.15, -0.1) is 0 Å². The van der Waals surface area contributed by atoms with Gasteiger partial charge in [0.2, 0.25) is 5.78 Å². The van der Waals surface area contributed by atoms with Gasteiger partial charge in [-0.05, 0) is 12.1 Å². The standard InChI is InChI=1S/C10H6ClNO2/c11-8-3-1-2-7(6-8)10(13)9-4-5-14-12-9/h1-6H. The van der Waals surface area contributed by atoms with Crippen molar-refractivity contribution >= 4 is 17.4 Å². The molecule has 0 unspecified atom stereocenters. The zero-order chi connectivity index (χ0) is 9.97. The first-order valence-electron chi connectivity index (χ1n) is 3.98. The summed E-state index contributed by atoms with van der Waals surface area (Å²) >= 11 is 5.75. The van der Waals surface area contributed by atoms with Gasteiger partial charge < -0.3 is 4.52 Å². The number of hydrogen-bond donors (Lipinski definition) is 0. The molecule has 0 amide bonds. The number of carbonyl (C=O) groups excluding carboxylic acids is 1. The fourth-order valence-corrected chi connectivity index (χ4v) is 1.30. The van der Waals surface area contributed by atoms with E-state index in [1.807, 2.05) is 0 Å². The van der Waals surface area contributed by atoms with Crippen LogP contribution in [0.25, 0.3) is 0 Å². The van der Waals surface area contributed by atoms with Crippen molar-refractivity contribution in [2.75, 3.05) is 0 Å². The Balaban J connectivity index is 2.37. The summed E-state index contributed by atoms with van der Waals surface area (Å²) in [5, 5.41) is 4.08. The van der Waals surface area contributed by atoms with Gasteiger partial charge in [0.25, 0.3) is 0 Å². The van der Waals surface area contributed by atoms with Crippen molar-refractivity contribution in [3.05, 3.63) is 52.9 Å². The number of hydrogen-bond acceptors (Lipinski definition) is 3. The Morgan fingerprint density at radius 2 is 2.21 bits per heavy atom. The van der Waals surface area contributed by atoms with Gasteiger partial charge in [0.05, 0.1) is 0 Å². The van der Waals surface area contributed by atoms with Crippen LogP contribution in [0.15, 0.2) is 41.1 Å². The van der Waals surface area contributed by atoms with E-state index in [0.29, 0.717) is 10.6 Å². The first-order chi connectivity index (χ1) is 6.77. The van der Waals surface area contributed by atoms with Crippen LogP contribution in [0.4, 0.5) is 0 Å². The Morgan fingerprint density at radius 1 is 1.36 bits per heavy atom. The van der Waals surface area contributed by atoms with Gasteiger partial charge in [0.15, 0.2) is 5.69 Å². The van der Waals surface area contributed by atoms with Crippen LogP contribution in [0.1, 0.15) is 16.1 Å². The number of ketones is 1. The van der Waals surface area contributed by atoms with Gasteiger partial charge in [-0.25, -0.2) is 0 Å². The van der Waals surface area contributed by atoms with E-state index in [2.05, 4.69) is 9.68 Å². The molecule has 0 aliphatic heterocycles. The number of halogens is 1. The Bertz CT molecular complexity index is 451. The van der Waals surface area contributed by atoms with Crippen LogP contribution >= 0.6 is 11.6 Å². The second-order valence-corrected chi connectivity index (χ2v) is 3.16. The van der Waals surface area contributed by atoms with E-state index in [0.717, 1.165) is 0 Å². The monoisotopic (exact) mass is 207 g/mol. The van der Waals surface area contributed by atoms with Crippen molar-refractivity contribution in [3.63, 3.8) is 0 Å². The smallest absolute Gasteiger partial charge is 0.214 e. The number of benzene rings is 1. The molecule has 0 N–H and O–H groups in total. The highest BCUT2D eigenvalue weighted by molar-refractivity contribution is 6.31. The summed E-state index contributed by atoms with van der Waals surface area (Å²) in [7, 11) is 0. The molecular formula is C10H6ClNO2. The molecule has 0 radical (unpaired) electrons. The zero-order valence-electron chi connectivity index (χ0n) is 7.11. The molecule has 0 aliphatic carbocycles. The molecule has 3 nitrogen and oxygen atoms in total. The quantitative estimate of drug-likeness (QED) is 0.711. The fourth-order valence-electron chi connectivity index (χ4n) is 1.11. The summed E-state index contributed by atoms with van der Waals surface area (Å²) in [6, 6.07) is 8.22. The SMILES string of the molecule is O=C(c1cccc(Cl)c1)c1ccon1. The molecule has 1 heterocycles. The highest BCUT2D eigenvalue weighted by Gasteiger charge is 2.11. The minimum atomic E-state index is -0.193. The molecule has 0 atom stereocenters. The van der Waals surface area contributed by atoms with Crippen LogP contribution in [-0.2, 0) is 0 Å². The Hall–Kier alpha value is -1.61. The van der Waals surface area contributed by atoms with Crippen LogP contribution in [0.3, 0.4) is 0 Å². The average molecular weight is 208 g/mol. The third-order valence-corrected chi connectivity index (χ3v) is 1.99. The summed E-state index contributed by atoms with van der Waals surface area (Å²) in [5.41, 5.74) is 0.790. The molecule has 0 fully saturated rings. The summed E-state index contributed by atoms with van der Waals surface area (Å²) < 4.78 is 4.58. The first kappa shape index (κ1) is 8.97. The summed E-state index contributed by atoms with van der Waals surface area (Å²) in [6.07, 6.45) is 1.36. The van der Waals surface area contributed by atoms with E-state index in [1.165, 1.54) is 12.3 Å². The average Bonchev–Trinajstić information content (AvgIpc) is 2.69. The van der Waals surface area contributed by atoms with Crippen molar-refractivity contribution in [2.24, 2.45) is 0 Å². The molecule has 1 aromatic carbocycles. The van der Waals surface area contributed by atoms with Gasteiger partial charge in [-0.2, -0.15) is 0 Å². The first-order valence-corrected chi connectivity index (χ1v) is 4.36. The lowest BCUT2D eigenvalue weighted by molar-refractivity contribution is 0.103. The lowest BCUT2D eigenvalue weighted by Gasteiger charge is -1.96. The normalized spacial score (nSPS) is 10.1. The fraction of sp³-hybridized carbons (Fsp3) is 0.